The molecule has 13 heavy (non-hydrogen) atoms. The number of rotatable bonds is 3. The summed E-state index contributed by atoms with van der Waals surface area (Å²) in [5.74, 6) is -0.768. The number of carboxylic acid groups (broad SMARTS) is 1. The molecule has 0 bridgehead atoms. The summed E-state index contributed by atoms with van der Waals surface area (Å²) < 4.78 is 1.92. The van der Waals surface area contributed by atoms with Crippen LogP contribution in [0.4, 0.5) is 0 Å². The van der Waals surface area contributed by atoms with Gasteiger partial charge in [-0.2, -0.15) is 0 Å². The number of hydrogen-bond acceptors (Lipinski definition) is 1. The maximum absolute atomic E-state index is 10.3. The van der Waals surface area contributed by atoms with E-state index < -0.39 is 5.97 Å². The van der Waals surface area contributed by atoms with Gasteiger partial charge in [0, 0.05) is 15.4 Å². The van der Waals surface area contributed by atoms with E-state index in [2.05, 4.69) is 31.9 Å². The zero-order valence-electron chi connectivity index (χ0n) is 6.76. The average Bonchev–Trinajstić information content (AvgIpc) is 1.99. The standard InChI is InChI=1S/C9H8Br2O2/c10-7-3-6(1-2-9(12)13)4-8(11)5-7/h3-5H,1-2H2,(H,12,13). The number of carboxylic acids is 1. The van der Waals surface area contributed by atoms with Crippen LogP contribution in [0.5, 0.6) is 0 Å². The molecule has 0 unspecified atom stereocenters. The largest absolute Gasteiger partial charge is 0.481 e. The fraction of sp³-hybridized carbons (Fsp3) is 0.222. The Kier molecular flexibility index (Phi) is 3.93. The highest BCUT2D eigenvalue weighted by atomic mass is 79.9. The lowest BCUT2D eigenvalue weighted by Gasteiger charge is -2.00. The predicted molar refractivity (Wildman–Crippen MR) is 57.8 cm³/mol. The topological polar surface area (TPSA) is 37.3 Å². The molecule has 0 aliphatic heterocycles. The molecule has 0 saturated heterocycles. The summed E-state index contributed by atoms with van der Waals surface area (Å²) in [7, 11) is 0. The highest BCUT2D eigenvalue weighted by Gasteiger charge is 2.01. The van der Waals surface area contributed by atoms with Crippen LogP contribution in [0.25, 0.3) is 0 Å². The van der Waals surface area contributed by atoms with Crippen LogP contribution in [0, 0.1) is 0 Å². The van der Waals surface area contributed by atoms with Crippen LogP contribution < -0.4 is 0 Å². The summed E-state index contributed by atoms with van der Waals surface area (Å²) in [5, 5.41) is 8.49. The molecule has 0 spiro atoms. The number of benzene rings is 1. The summed E-state index contributed by atoms with van der Waals surface area (Å²) in [4.78, 5) is 10.3. The van der Waals surface area contributed by atoms with Crippen LogP contribution in [0.2, 0.25) is 0 Å². The van der Waals surface area contributed by atoms with E-state index in [4.69, 9.17) is 5.11 Å². The van der Waals surface area contributed by atoms with E-state index in [1.807, 2.05) is 18.2 Å². The van der Waals surface area contributed by atoms with Gasteiger partial charge in [-0.05, 0) is 30.2 Å². The molecule has 0 amide bonds. The van der Waals surface area contributed by atoms with Crippen LogP contribution in [0.1, 0.15) is 12.0 Å². The van der Waals surface area contributed by atoms with Gasteiger partial charge in [-0.15, -0.1) is 0 Å². The van der Waals surface area contributed by atoms with Gasteiger partial charge < -0.3 is 5.11 Å². The van der Waals surface area contributed by atoms with Crippen molar-refractivity contribution in [2.45, 2.75) is 12.8 Å². The molecule has 1 N–H and O–H groups in total. The normalized spacial score (nSPS) is 10.0. The monoisotopic (exact) mass is 306 g/mol. The van der Waals surface area contributed by atoms with Crippen LogP contribution in [-0.4, -0.2) is 11.1 Å². The molecule has 0 aliphatic carbocycles. The minimum absolute atomic E-state index is 0.170. The van der Waals surface area contributed by atoms with Gasteiger partial charge in [0.25, 0.3) is 0 Å². The highest BCUT2D eigenvalue weighted by molar-refractivity contribution is 9.11. The quantitative estimate of drug-likeness (QED) is 0.931. The summed E-state index contributed by atoms with van der Waals surface area (Å²) in [6.07, 6.45) is 0.732. The Labute approximate surface area is 93.2 Å². The molecule has 1 aromatic carbocycles. The van der Waals surface area contributed by atoms with Crippen molar-refractivity contribution < 1.29 is 9.90 Å². The highest BCUT2D eigenvalue weighted by Crippen LogP contribution is 2.20. The molecule has 0 heterocycles. The molecule has 0 aromatic heterocycles. The lowest BCUT2D eigenvalue weighted by molar-refractivity contribution is -0.136. The molecule has 0 saturated carbocycles. The first kappa shape index (κ1) is 10.7. The van der Waals surface area contributed by atoms with E-state index in [0.717, 1.165) is 14.5 Å². The van der Waals surface area contributed by atoms with Gasteiger partial charge in [-0.3, -0.25) is 4.79 Å². The molecule has 1 rings (SSSR count). The number of halogens is 2. The molecule has 4 heteroatoms. The number of hydrogen-bond donors (Lipinski definition) is 1. The van der Waals surface area contributed by atoms with Crippen molar-refractivity contribution in [1.29, 1.82) is 0 Å². The lowest BCUT2D eigenvalue weighted by Crippen LogP contribution is -1.97. The minimum atomic E-state index is -0.768. The number of aliphatic carboxylic acids is 1. The molecule has 0 atom stereocenters. The van der Waals surface area contributed by atoms with Gasteiger partial charge in [-0.1, -0.05) is 31.9 Å². The van der Waals surface area contributed by atoms with E-state index in [-0.39, 0.29) is 6.42 Å². The van der Waals surface area contributed by atoms with Crippen molar-refractivity contribution in [3.63, 3.8) is 0 Å². The molecule has 0 radical (unpaired) electrons. The van der Waals surface area contributed by atoms with Crippen molar-refractivity contribution in [3.05, 3.63) is 32.7 Å². The summed E-state index contributed by atoms with van der Waals surface area (Å²) in [6, 6.07) is 5.77. The SMILES string of the molecule is O=C(O)CCc1cc(Br)cc(Br)c1. The molecule has 0 aliphatic rings. The first-order valence-electron chi connectivity index (χ1n) is 3.74. The van der Waals surface area contributed by atoms with Crippen molar-refractivity contribution in [2.24, 2.45) is 0 Å². The number of carbonyl (C=O) groups is 1. The smallest absolute Gasteiger partial charge is 0.303 e. The van der Waals surface area contributed by atoms with E-state index >= 15 is 0 Å². The Balaban J connectivity index is 2.71. The van der Waals surface area contributed by atoms with Gasteiger partial charge in [0.15, 0.2) is 0 Å². The van der Waals surface area contributed by atoms with Gasteiger partial charge in [-0.25, -0.2) is 0 Å². The maximum atomic E-state index is 10.3. The van der Waals surface area contributed by atoms with Crippen LogP contribution >= 0.6 is 31.9 Å². The van der Waals surface area contributed by atoms with E-state index in [1.165, 1.54) is 0 Å². The third kappa shape index (κ3) is 3.91. The Morgan fingerprint density at radius 1 is 1.23 bits per heavy atom. The summed E-state index contributed by atoms with van der Waals surface area (Å²) in [6.45, 7) is 0. The molecular weight excluding hydrogens is 300 g/mol. The fourth-order valence-electron chi connectivity index (χ4n) is 1.01. The first-order chi connectivity index (χ1) is 6.08. The second-order valence-corrected chi connectivity index (χ2v) is 4.50. The molecule has 1 aromatic rings. The van der Waals surface area contributed by atoms with E-state index in [0.29, 0.717) is 6.42 Å². The Bertz CT molecular complexity index is 303. The van der Waals surface area contributed by atoms with Crippen LogP contribution in [0.15, 0.2) is 27.1 Å². The first-order valence-corrected chi connectivity index (χ1v) is 5.33. The van der Waals surface area contributed by atoms with E-state index in [1.54, 1.807) is 0 Å². The molecular formula is C9H8Br2O2. The minimum Gasteiger partial charge on any atom is -0.481 e. The van der Waals surface area contributed by atoms with Crippen LogP contribution in [-0.2, 0) is 11.2 Å². The molecule has 2 nitrogen and oxygen atoms in total. The molecule has 0 fully saturated rings. The van der Waals surface area contributed by atoms with Gasteiger partial charge in [0.05, 0.1) is 0 Å². The number of aryl methyl sites for hydroxylation is 1. The lowest BCUT2D eigenvalue weighted by atomic mass is 10.1. The average molecular weight is 308 g/mol. The van der Waals surface area contributed by atoms with Crippen molar-refractivity contribution in [3.8, 4) is 0 Å². The maximum Gasteiger partial charge on any atom is 0.303 e. The zero-order chi connectivity index (χ0) is 9.84. The van der Waals surface area contributed by atoms with Crippen molar-refractivity contribution in [1.82, 2.24) is 0 Å². The summed E-state index contributed by atoms with van der Waals surface area (Å²) >= 11 is 6.69. The van der Waals surface area contributed by atoms with Gasteiger partial charge in [0.1, 0.15) is 0 Å². The summed E-state index contributed by atoms with van der Waals surface area (Å²) in [5.41, 5.74) is 1.02. The third-order valence-electron chi connectivity index (χ3n) is 1.55. The Hall–Kier alpha value is -0.350. The Morgan fingerprint density at radius 3 is 2.23 bits per heavy atom. The second kappa shape index (κ2) is 4.77. The van der Waals surface area contributed by atoms with E-state index in [9.17, 15) is 4.79 Å². The van der Waals surface area contributed by atoms with Crippen molar-refractivity contribution >= 4 is 37.8 Å². The van der Waals surface area contributed by atoms with Gasteiger partial charge in [0.2, 0.25) is 0 Å². The van der Waals surface area contributed by atoms with Crippen LogP contribution in [0.3, 0.4) is 0 Å². The predicted octanol–water partition coefficient (Wildman–Crippen LogP) is 3.23. The van der Waals surface area contributed by atoms with Gasteiger partial charge >= 0.3 is 5.97 Å². The fourth-order valence-corrected chi connectivity index (χ4v) is 2.40. The Morgan fingerprint density at radius 2 is 1.77 bits per heavy atom. The van der Waals surface area contributed by atoms with Crippen molar-refractivity contribution in [2.75, 3.05) is 0 Å². The third-order valence-corrected chi connectivity index (χ3v) is 2.47. The second-order valence-electron chi connectivity index (χ2n) is 2.67. The zero-order valence-corrected chi connectivity index (χ0v) is 9.93. The molecule has 70 valence electrons.